The van der Waals surface area contributed by atoms with E-state index >= 15 is 0 Å². The molecule has 0 spiro atoms. The summed E-state index contributed by atoms with van der Waals surface area (Å²) in [6.45, 7) is 8.56. The Morgan fingerprint density at radius 1 is 1.17 bits per heavy atom. The first-order chi connectivity index (χ1) is 11.3. The summed E-state index contributed by atoms with van der Waals surface area (Å²) >= 11 is 0. The van der Waals surface area contributed by atoms with Crippen molar-refractivity contribution in [1.29, 1.82) is 0 Å². The molecule has 0 unspecified atom stereocenters. The molecule has 24 heavy (non-hydrogen) atoms. The van der Waals surface area contributed by atoms with Crippen molar-refractivity contribution in [2.45, 2.75) is 59.8 Å². The lowest BCUT2D eigenvalue weighted by atomic mass is 9.50. The molecule has 0 N–H and O–H groups in total. The molecule has 2 fully saturated rings. The van der Waals surface area contributed by atoms with Crippen LogP contribution in [-0.2, 0) is 9.59 Å². The summed E-state index contributed by atoms with van der Waals surface area (Å²) in [7, 11) is 0. The van der Waals surface area contributed by atoms with Gasteiger partial charge in [0.1, 0.15) is 5.78 Å². The quantitative estimate of drug-likeness (QED) is 0.649. The third kappa shape index (κ3) is 1.89. The minimum Gasteiger partial charge on any atom is -0.300 e. The van der Waals surface area contributed by atoms with Gasteiger partial charge in [0.2, 0.25) is 0 Å². The van der Waals surface area contributed by atoms with Crippen molar-refractivity contribution in [2.24, 2.45) is 28.6 Å². The number of rotatable bonds is 1. The zero-order chi connectivity index (χ0) is 17.3. The zero-order valence-corrected chi connectivity index (χ0v) is 15.3. The van der Waals surface area contributed by atoms with Crippen LogP contribution in [0, 0.1) is 28.6 Å². The summed E-state index contributed by atoms with van der Waals surface area (Å²) in [4.78, 5) is 24.1. The average molecular weight is 324 g/mol. The molecule has 4 rings (SSSR count). The van der Waals surface area contributed by atoms with Crippen LogP contribution in [0.5, 0.6) is 0 Å². The van der Waals surface area contributed by atoms with E-state index in [4.69, 9.17) is 0 Å². The molecule has 0 bridgehead atoms. The minimum absolute atomic E-state index is 0.0630. The Kier molecular flexibility index (Phi) is 3.37. The van der Waals surface area contributed by atoms with E-state index in [1.54, 1.807) is 6.92 Å². The lowest BCUT2D eigenvalue weighted by molar-refractivity contribution is -0.124. The van der Waals surface area contributed by atoms with Crippen LogP contribution in [0.2, 0.25) is 0 Å². The van der Waals surface area contributed by atoms with Crippen LogP contribution in [-0.4, -0.2) is 11.6 Å². The molecule has 0 amide bonds. The van der Waals surface area contributed by atoms with Crippen molar-refractivity contribution in [1.82, 2.24) is 0 Å². The second-order valence-electron chi connectivity index (χ2n) is 8.89. The maximum absolute atomic E-state index is 12.2. The first-order valence-corrected chi connectivity index (χ1v) is 9.43. The normalized spacial score (nSPS) is 43.9. The molecule has 2 saturated carbocycles. The van der Waals surface area contributed by atoms with Crippen molar-refractivity contribution >= 4 is 11.6 Å². The molecular formula is C22H28O2. The van der Waals surface area contributed by atoms with Crippen LogP contribution in [0.1, 0.15) is 59.8 Å². The second-order valence-corrected chi connectivity index (χ2v) is 8.89. The summed E-state index contributed by atoms with van der Waals surface area (Å²) < 4.78 is 0. The number of hydrogen-bond donors (Lipinski definition) is 0. The highest BCUT2D eigenvalue weighted by molar-refractivity contribution is 6.02. The number of hydrogen-bond acceptors (Lipinski definition) is 2. The van der Waals surface area contributed by atoms with Crippen LogP contribution in [0.4, 0.5) is 0 Å². The fourth-order valence-corrected chi connectivity index (χ4v) is 6.53. The number of carbonyl (C=O) groups is 2. The Morgan fingerprint density at radius 3 is 2.62 bits per heavy atom. The van der Waals surface area contributed by atoms with Gasteiger partial charge < -0.3 is 0 Å². The number of carbonyl (C=O) groups excluding carboxylic acids is 2. The maximum Gasteiger partial charge on any atom is 0.178 e. The van der Waals surface area contributed by atoms with Gasteiger partial charge in [-0.25, -0.2) is 0 Å². The van der Waals surface area contributed by atoms with E-state index in [2.05, 4.69) is 26.8 Å². The van der Waals surface area contributed by atoms with Crippen LogP contribution < -0.4 is 0 Å². The van der Waals surface area contributed by atoms with Gasteiger partial charge in [0.25, 0.3) is 0 Å². The first kappa shape index (κ1) is 16.1. The van der Waals surface area contributed by atoms with Gasteiger partial charge in [0.15, 0.2) is 5.78 Å². The third-order valence-electron chi connectivity index (χ3n) is 7.96. The number of Topliss-reactive ketones (excluding diaryl/α,β-unsaturated/α-hetero) is 1. The fourth-order valence-electron chi connectivity index (χ4n) is 6.53. The van der Waals surface area contributed by atoms with Gasteiger partial charge in [-0.1, -0.05) is 29.7 Å². The molecular weight excluding hydrogens is 296 g/mol. The lowest BCUT2D eigenvalue weighted by Crippen LogP contribution is -2.45. The fraction of sp³-hybridized carbons (Fsp3) is 0.636. The molecule has 0 radical (unpaired) electrons. The van der Waals surface area contributed by atoms with E-state index in [-0.39, 0.29) is 22.5 Å². The van der Waals surface area contributed by atoms with Crippen molar-refractivity contribution < 1.29 is 9.59 Å². The second kappa shape index (κ2) is 5.03. The standard InChI is InChI=1S/C22H28O2/c1-13-11-16(24)12-15-5-6-17-19-8-7-18(14(2)23)21(19,3)10-9-20(17)22(13,15)4/h9,11-12,17-19H,5-8,10H2,1-4H3/t17-,18+,19-,21+,22-/m0/s1. The lowest BCUT2D eigenvalue weighted by Gasteiger charge is -2.53. The van der Waals surface area contributed by atoms with Gasteiger partial charge in [-0.3, -0.25) is 9.59 Å². The van der Waals surface area contributed by atoms with E-state index in [1.807, 2.05) is 12.2 Å². The number of fused-ring (bicyclic) bond motifs is 5. The van der Waals surface area contributed by atoms with Crippen LogP contribution in [0.25, 0.3) is 0 Å². The van der Waals surface area contributed by atoms with Crippen LogP contribution in [0.3, 0.4) is 0 Å². The summed E-state index contributed by atoms with van der Waals surface area (Å²) in [6, 6.07) is 0. The smallest absolute Gasteiger partial charge is 0.178 e. The summed E-state index contributed by atoms with van der Waals surface area (Å²) in [5, 5.41) is 0. The Hall–Kier alpha value is -1.44. The molecule has 5 atom stereocenters. The molecule has 0 aromatic carbocycles. The average Bonchev–Trinajstić information content (AvgIpc) is 2.86. The van der Waals surface area contributed by atoms with Gasteiger partial charge in [0.05, 0.1) is 0 Å². The molecule has 0 aromatic heterocycles. The molecule has 4 aliphatic carbocycles. The number of ketones is 2. The molecule has 0 aromatic rings. The van der Waals surface area contributed by atoms with Gasteiger partial charge in [0, 0.05) is 11.3 Å². The van der Waals surface area contributed by atoms with E-state index in [0.717, 1.165) is 25.7 Å². The van der Waals surface area contributed by atoms with Crippen molar-refractivity contribution in [3.63, 3.8) is 0 Å². The Bertz CT molecular complexity index is 722. The predicted octanol–water partition coefficient (Wildman–Crippen LogP) is 4.81. The van der Waals surface area contributed by atoms with E-state index in [1.165, 1.54) is 23.1 Å². The van der Waals surface area contributed by atoms with Gasteiger partial charge in [-0.15, -0.1) is 0 Å². The van der Waals surface area contributed by atoms with Crippen molar-refractivity contribution in [2.75, 3.05) is 0 Å². The van der Waals surface area contributed by atoms with Crippen LogP contribution in [0.15, 0.2) is 34.9 Å². The topological polar surface area (TPSA) is 34.1 Å². The highest BCUT2D eigenvalue weighted by atomic mass is 16.1. The highest BCUT2D eigenvalue weighted by Crippen LogP contribution is 2.64. The minimum atomic E-state index is -0.0630. The predicted molar refractivity (Wildman–Crippen MR) is 95.4 cm³/mol. The number of allylic oxidation sites excluding steroid dienone is 6. The molecule has 128 valence electrons. The summed E-state index contributed by atoms with van der Waals surface area (Å²) in [5.41, 5.74) is 4.12. The molecule has 0 aliphatic heterocycles. The van der Waals surface area contributed by atoms with Gasteiger partial charge >= 0.3 is 0 Å². The summed E-state index contributed by atoms with van der Waals surface area (Å²) in [6.07, 6.45) is 11.6. The maximum atomic E-state index is 12.2. The van der Waals surface area contributed by atoms with E-state index in [0.29, 0.717) is 17.6 Å². The molecule has 2 nitrogen and oxygen atoms in total. The Labute approximate surface area is 145 Å². The van der Waals surface area contributed by atoms with Gasteiger partial charge in [-0.2, -0.15) is 0 Å². The summed E-state index contributed by atoms with van der Waals surface area (Å²) in [5.74, 6) is 1.95. The third-order valence-corrected chi connectivity index (χ3v) is 7.96. The van der Waals surface area contributed by atoms with Crippen molar-refractivity contribution in [3.8, 4) is 0 Å². The van der Waals surface area contributed by atoms with Crippen LogP contribution >= 0.6 is 0 Å². The zero-order valence-electron chi connectivity index (χ0n) is 15.3. The Morgan fingerprint density at radius 2 is 1.92 bits per heavy atom. The molecule has 4 aliphatic rings. The molecule has 0 saturated heterocycles. The molecule has 2 heteroatoms. The highest BCUT2D eigenvalue weighted by Gasteiger charge is 2.57. The van der Waals surface area contributed by atoms with Crippen molar-refractivity contribution in [3.05, 3.63) is 34.9 Å². The monoisotopic (exact) mass is 324 g/mol. The molecule has 0 heterocycles. The Balaban J connectivity index is 1.79. The van der Waals surface area contributed by atoms with E-state index in [9.17, 15) is 9.59 Å². The van der Waals surface area contributed by atoms with E-state index < -0.39 is 0 Å². The SMILES string of the molecule is CC(=O)[C@H]1CC[C@H]2[C@@H]3CCC4=CC(=O)C=C(C)[C@]4(C)C3=CC[C@]12C. The largest absolute Gasteiger partial charge is 0.300 e. The van der Waals surface area contributed by atoms with Gasteiger partial charge in [-0.05, 0) is 82.3 Å². The first-order valence-electron chi connectivity index (χ1n) is 9.43.